The van der Waals surface area contributed by atoms with Crippen molar-refractivity contribution >= 4 is 0 Å². The lowest BCUT2D eigenvalue weighted by atomic mass is 9.91. The number of nitrogens with zero attached hydrogens (tertiary/aromatic N) is 1. The first-order valence-electron chi connectivity index (χ1n) is 7.44. The lowest BCUT2D eigenvalue weighted by Gasteiger charge is -2.36. The molecule has 0 spiro atoms. The molecule has 3 nitrogen and oxygen atoms in total. The number of hydrogen-bond acceptors (Lipinski definition) is 3. The molecular weight excluding hydrogens is 212 g/mol. The molecule has 2 atom stereocenters. The fourth-order valence-corrected chi connectivity index (χ4v) is 3.29. The maximum atomic E-state index is 9.67. The molecule has 2 fully saturated rings. The van der Waals surface area contributed by atoms with Crippen LogP contribution >= 0.6 is 0 Å². The van der Waals surface area contributed by atoms with E-state index in [-0.39, 0.29) is 6.10 Å². The Hall–Kier alpha value is -0.120. The van der Waals surface area contributed by atoms with Crippen molar-refractivity contribution < 1.29 is 5.11 Å². The van der Waals surface area contributed by atoms with Crippen LogP contribution in [0.5, 0.6) is 0 Å². The van der Waals surface area contributed by atoms with E-state index >= 15 is 0 Å². The Morgan fingerprint density at radius 1 is 1.12 bits per heavy atom. The van der Waals surface area contributed by atoms with Gasteiger partial charge in [0.25, 0.3) is 0 Å². The Bertz CT molecular complexity index is 214. The van der Waals surface area contributed by atoms with Crippen molar-refractivity contribution in [2.24, 2.45) is 0 Å². The Kier molecular flexibility index (Phi) is 5.26. The van der Waals surface area contributed by atoms with Crippen LogP contribution < -0.4 is 5.32 Å². The van der Waals surface area contributed by atoms with Crippen molar-refractivity contribution in [3.8, 4) is 0 Å². The van der Waals surface area contributed by atoms with Crippen LogP contribution in [0.1, 0.15) is 51.9 Å². The van der Waals surface area contributed by atoms with Crippen LogP contribution in [0.3, 0.4) is 0 Å². The molecule has 0 aromatic heterocycles. The summed E-state index contributed by atoms with van der Waals surface area (Å²) in [6.45, 7) is 6.02. The van der Waals surface area contributed by atoms with E-state index in [0.717, 1.165) is 12.8 Å². The fraction of sp³-hybridized carbons (Fsp3) is 1.00. The molecule has 1 aliphatic heterocycles. The van der Waals surface area contributed by atoms with Crippen molar-refractivity contribution in [1.29, 1.82) is 0 Å². The van der Waals surface area contributed by atoms with Gasteiger partial charge in [-0.3, -0.25) is 0 Å². The number of nitrogens with one attached hydrogen (secondary N) is 1. The summed E-state index contributed by atoms with van der Waals surface area (Å²) < 4.78 is 0. The molecule has 2 unspecified atom stereocenters. The third kappa shape index (κ3) is 4.23. The lowest BCUT2D eigenvalue weighted by Crippen LogP contribution is -2.48. The Morgan fingerprint density at radius 3 is 2.53 bits per heavy atom. The van der Waals surface area contributed by atoms with Crippen LogP contribution in [0.25, 0.3) is 0 Å². The van der Waals surface area contributed by atoms with Gasteiger partial charge in [-0.1, -0.05) is 6.92 Å². The van der Waals surface area contributed by atoms with Gasteiger partial charge < -0.3 is 15.3 Å². The van der Waals surface area contributed by atoms with Crippen LogP contribution in [-0.4, -0.2) is 47.8 Å². The highest BCUT2D eigenvalue weighted by Gasteiger charge is 2.24. The van der Waals surface area contributed by atoms with Gasteiger partial charge in [0.15, 0.2) is 0 Å². The molecule has 100 valence electrons. The van der Waals surface area contributed by atoms with Gasteiger partial charge in [-0.15, -0.1) is 0 Å². The zero-order valence-electron chi connectivity index (χ0n) is 11.2. The predicted molar refractivity (Wildman–Crippen MR) is 71.2 cm³/mol. The molecule has 0 bridgehead atoms. The molecule has 0 aromatic carbocycles. The van der Waals surface area contributed by atoms with Gasteiger partial charge in [-0.25, -0.2) is 0 Å². The summed E-state index contributed by atoms with van der Waals surface area (Å²) in [5.74, 6) is 0. The molecule has 2 rings (SSSR count). The zero-order valence-corrected chi connectivity index (χ0v) is 11.2. The molecule has 0 amide bonds. The SMILES string of the molecule is CCCN1CCC(NC2CCCC(O)C2)CC1. The minimum Gasteiger partial charge on any atom is -0.393 e. The molecular formula is C14H28N2O. The Morgan fingerprint density at radius 2 is 1.88 bits per heavy atom. The molecule has 0 radical (unpaired) electrons. The molecule has 17 heavy (non-hydrogen) atoms. The summed E-state index contributed by atoms with van der Waals surface area (Å²) in [7, 11) is 0. The van der Waals surface area contributed by atoms with Crippen molar-refractivity contribution in [3.05, 3.63) is 0 Å². The topological polar surface area (TPSA) is 35.5 Å². The standard InChI is InChI=1S/C14H28N2O/c1-2-8-16-9-6-12(7-10-16)15-13-4-3-5-14(17)11-13/h12-15,17H,2-11H2,1H3. The van der Waals surface area contributed by atoms with Crippen molar-refractivity contribution in [1.82, 2.24) is 10.2 Å². The molecule has 3 heteroatoms. The zero-order chi connectivity index (χ0) is 12.1. The minimum absolute atomic E-state index is 0.0542. The van der Waals surface area contributed by atoms with Gasteiger partial charge in [0.1, 0.15) is 0 Å². The van der Waals surface area contributed by atoms with Gasteiger partial charge in [0, 0.05) is 12.1 Å². The van der Waals surface area contributed by atoms with Crippen LogP contribution in [-0.2, 0) is 0 Å². The molecule has 0 aromatic rings. The normalized spacial score (nSPS) is 32.8. The monoisotopic (exact) mass is 240 g/mol. The van der Waals surface area contributed by atoms with Crippen molar-refractivity contribution in [2.45, 2.75) is 70.1 Å². The molecule has 1 aliphatic carbocycles. The van der Waals surface area contributed by atoms with Gasteiger partial charge in [-0.05, 0) is 64.6 Å². The van der Waals surface area contributed by atoms with Crippen molar-refractivity contribution in [3.63, 3.8) is 0 Å². The largest absolute Gasteiger partial charge is 0.393 e. The summed E-state index contributed by atoms with van der Waals surface area (Å²) in [5, 5.41) is 13.4. The van der Waals surface area contributed by atoms with E-state index in [1.807, 2.05) is 0 Å². The second kappa shape index (κ2) is 6.72. The first kappa shape index (κ1) is 13.3. The number of likely N-dealkylation sites (tertiary alicyclic amines) is 1. The van der Waals surface area contributed by atoms with Crippen molar-refractivity contribution in [2.75, 3.05) is 19.6 Å². The smallest absolute Gasteiger partial charge is 0.0555 e. The van der Waals surface area contributed by atoms with Gasteiger partial charge in [0.2, 0.25) is 0 Å². The number of piperidine rings is 1. The second-order valence-corrected chi connectivity index (χ2v) is 5.80. The van der Waals surface area contributed by atoms with E-state index in [1.54, 1.807) is 0 Å². The van der Waals surface area contributed by atoms with E-state index in [1.165, 1.54) is 51.7 Å². The van der Waals surface area contributed by atoms with E-state index < -0.39 is 0 Å². The summed E-state index contributed by atoms with van der Waals surface area (Å²) in [6.07, 6.45) is 8.20. The highest BCUT2D eigenvalue weighted by molar-refractivity contribution is 4.84. The maximum absolute atomic E-state index is 9.67. The predicted octanol–water partition coefficient (Wildman–Crippen LogP) is 1.75. The summed E-state index contributed by atoms with van der Waals surface area (Å²) >= 11 is 0. The highest BCUT2D eigenvalue weighted by Crippen LogP contribution is 2.20. The van der Waals surface area contributed by atoms with Crippen LogP contribution in [0.15, 0.2) is 0 Å². The Labute approximate surface area is 106 Å². The van der Waals surface area contributed by atoms with E-state index in [2.05, 4.69) is 17.1 Å². The first-order valence-corrected chi connectivity index (χ1v) is 7.44. The minimum atomic E-state index is -0.0542. The number of hydrogen-bond donors (Lipinski definition) is 2. The fourth-order valence-electron chi connectivity index (χ4n) is 3.29. The average molecular weight is 240 g/mol. The molecule has 1 saturated carbocycles. The number of aliphatic hydroxyl groups is 1. The van der Waals surface area contributed by atoms with Crippen LogP contribution in [0, 0.1) is 0 Å². The lowest BCUT2D eigenvalue weighted by molar-refractivity contribution is 0.102. The van der Waals surface area contributed by atoms with E-state index in [4.69, 9.17) is 0 Å². The first-order chi connectivity index (χ1) is 8.28. The van der Waals surface area contributed by atoms with Gasteiger partial charge in [-0.2, -0.15) is 0 Å². The summed E-state index contributed by atoms with van der Waals surface area (Å²) in [4.78, 5) is 2.58. The Balaban J connectivity index is 1.67. The van der Waals surface area contributed by atoms with Gasteiger partial charge in [0.05, 0.1) is 6.10 Å². The molecule has 1 saturated heterocycles. The third-order valence-corrected chi connectivity index (χ3v) is 4.25. The maximum Gasteiger partial charge on any atom is 0.0555 e. The van der Waals surface area contributed by atoms with Crippen LogP contribution in [0.2, 0.25) is 0 Å². The van der Waals surface area contributed by atoms with Gasteiger partial charge >= 0.3 is 0 Å². The average Bonchev–Trinajstić information content (AvgIpc) is 2.32. The quantitative estimate of drug-likeness (QED) is 0.786. The summed E-state index contributed by atoms with van der Waals surface area (Å²) in [5.41, 5.74) is 0. The number of rotatable bonds is 4. The van der Waals surface area contributed by atoms with E-state index in [9.17, 15) is 5.11 Å². The third-order valence-electron chi connectivity index (χ3n) is 4.25. The summed E-state index contributed by atoms with van der Waals surface area (Å²) in [6, 6.07) is 1.26. The molecule has 2 aliphatic rings. The highest BCUT2D eigenvalue weighted by atomic mass is 16.3. The van der Waals surface area contributed by atoms with E-state index in [0.29, 0.717) is 12.1 Å². The molecule has 1 heterocycles. The second-order valence-electron chi connectivity index (χ2n) is 5.80. The number of aliphatic hydroxyl groups excluding tert-OH is 1. The molecule has 2 N–H and O–H groups in total. The van der Waals surface area contributed by atoms with Crippen LogP contribution in [0.4, 0.5) is 0 Å².